The van der Waals surface area contributed by atoms with Gasteiger partial charge in [-0.05, 0) is 63.1 Å². The van der Waals surface area contributed by atoms with Crippen molar-refractivity contribution >= 4 is 23.4 Å². The van der Waals surface area contributed by atoms with E-state index in [2.05, 4.69) is 21.6 Å². The first-order valence-electron chi connectivity index (χ1n) is 11.2. The third-order valence-electron chi connectivity index (χ3n) is 5.46. The first-order valence-corrected chi connectivity index (χ1v) is 12.0. The average molecular weight is 473 g/mol. The van der Waals surface area contributed by atoms with Gasteiger partial charge in [-0.15, -0.1) is 10.2 Å². The van der Waals surface area contributed by atoms with Crippen LogP contribution in [0.1, 0.15) is 29.4 Å². The Balaban J connectivity index is 1.55. The monoisotopic (exact) mass is 472 g/mol. The minimum Gasteiger partial charge on any atom is -0.485 e. The summed E-state index contributed by atoms with van der Waals surface area (Å²) in [6, 6.07) is 23.7. The molecule has 4 rings (SSSR count). The standard InChI is InChI=1S/C27H28N4O2S/c1-18-14-15-23(20(3)16-18)28-26(32)21(4)34-27-30-29-25(31(27)22-11-6-5-7-12-22)17-33-24-13-9-8-10-19(24)2/h5-16,21H,17H2,1-4H3,(H,28,32). The predicted molar refractivity (Wildman–Crippen MR) is 137 cm³/mol. The first-order chi connectivity index (χ1) is 16.4. The fourth-order valence-electron chi connectivity index (χ4n) is 3.57. The van der Waals surface area contributed by atoms with Gasteiger partial charge in [0.25, 0.3) is 0 Å². The van der Waals surface area contributed by atoms with E-state index in [1.165, 1.54) is 11.8 Å². The molecule has 0 aliphatic rings. The van der Waals surface area contributed by atoms with Crippen LogP contribution in [0.3, 0.4) is 0 Å². The summed E-state index contributed by atoms with van der Waals surface area (Å²) in [5, 5.41) is 12.1. The molecule has 6 nitrogen and oxygen atoms in total. The fraction of sp³-hybridized carbons (Fsp3) is 0.222. The number of hydrogen-bond acceptors (Lipinski definition) is 5. The Kier molecular flexibility index (Phi) is 7.33. The lowest BCUT2D eigenvalue weighted by Gasteiger charge is -2.15. The predicted octanol–water partition coefficient (Wildman–Crippen LogP) is 5.89. The van der Waals surface area contributed by atoms with Gasteiger partial charge in [0.15, 0.2) is 11.0 Å². The van der Waals surface area contributed by atoms with Crippen molar-refractivity contribution in [2.24, 2.45) is 0 Å². The number of amides is 1. The first kappa shape index (κ1) is 23.6. The van der Waals surface area contributed by atoms with E-state index in [4.69, 9.17) is 4.74 Å². The molecule has 1 aromatic heterocycles. The Morgan fingerprint density at radius 1 is 0.971 bits per heavy atom. The van der Waals surface area contributed by atoms with E-state index in [0.29, 0.717) is 11.0 Å². The van der Waals surface area contributed by atoms with Crippen molar-refractivity contribution in [3.05, 3.63) is 95.3 Å². The van der Waals surface area contributed by atoms with Crippen LogP contribution in [0.15, 0.2) is 78.0 Å². The second-order valence-electron chi connectivity index (χ2n) is 8.19. The van der Waals surface area contributed by atoms with Crippen molar-refractivity contribution < 1.29 is 9.53 Å². The molecule has 7 heteroatoms. The highest BCUT2D eigenvalue weighted by molar-refractivity contribution is 8.00. The van der Waals surface area contributed by atoms with E-state index in [1.807, 2.05) is 99.0 Å². The maximum Gasteiger partial charge on any atom is 0.237 e. The van der Waals surface area contributed by atoms with E-state index >= 15 is 0 Å². The van der Waals surface area contributed by atoms with Crippen molar-refractivity contribution in [3.8, 4) is 11.4 Å². The molecule has 1 heterocycles. The van der Waals surface area contributed by atoms with Crippen LogP contribution in [0.2, 0.25) is 0 Å². The van der Waals surface area contributed by atoms with E-state index in [1.54, 1.807) is 0 Å². The molecular formula is C27H28N4O2S. The summed E-state index contributed by atoms with van der Waals surface area (Å²) in [6.45, 7) is 8.17. The number of ether oxygens (including phenoxy) is 1. The molecule has 174 valence electrons. The number of thioether (sulfide) groups is 1. The average Bonchev–Trinajstić information content (AvgIpc) is 3.23. The van der Waals surface area contributed by atoms with Crippen LogP contribution >= 0.6 is 11.8 Å². The highest BCUT2D eigenvalue weighted by Gasteiger charge is 2.22. The van der Waals surface area contributed by atoms with Crippen molar-refractivity contribution in [1.29, 1.82) is 0 Å². The molecule has 0 aliphatic carbocycles. The van der Waals surface area contributed by atoms with E-state index in [9.17, 15) is 4.79 Å². The molecular weight excluding hydrogens is 444 g/mol. The highest BCUT2D eigenvalue weighted by Crippen LogP contribution is 2.28. The van der Waals surface area contributed by atoms with Gasteiger partial charge >= 0.3 is 0 Å². The van der Waals surface area contributed by atoms with Gasteiger partial charge in [-0.25, -0.2) is 0 Å². The molecule has 3 aromatic carbocycles. The zero-order valence-corrected chi connectivity index (χ0v) is 20.6. The molecule has 0 bridgehead atoms. The number of para-hydroxylation sites is 2. The largest absolute Gasteiger partial charge is 0.485 e. The lowest BCUT2D eigenvalue weighted by Crippen LogP contribution is -2.23. The zero-order chi connectivity index (χ0) is 24.1. The summed E-state index contributed by atoms with van der Waals surface area (Å²) in [5.74, 6) is 1.39. The van der Waals surface area contributed by atoms with Gasteiger partial charge in [0.1, 0.15) is 12.4 Å². The summed E-state index contributed by atoms with van der Waals surface area (Å²) >= 11 is 1.37. The molecule has 0 aliphatic heterocycles. The van der Waals surface area contributed by atoms with Gasteiger partial charge in [-0.1, -0.05) is 65.9 Å². The van der Waals surface area contributed by atoms with Crippen LogP contribution in [-0.2, 0) is 11.4 Å². The second-order valence-corrected chi connectivity index (χ2v) is 9.50. The van der Waals surface area contributed by atoms with Crippen LogP contribution in [0, 0.1) is 20.8 Å². The van der Waals surface area contributed by atoms with Crippen molar-refractivity contribution in [3.63, 3.8) is 0 Å². The summed E-state index contributed by atoms with van der Waals surface area (Å²) < 4.78 is 7.99. The highest BCUT2D eigenvalue weighted by atomic mass is 32.2. The molecule has 0 fully saturated rings. The third kappa shape index (κ3) is 5.48. The van der Waals surface area contributed by atoms with Gasteiger partial charge in [-0.3, -0.25) is 9.36 Å². The van der Waals surface area contributed by atoms with Crippen LogP contribution in [0.5, 0.6) is 5.75 Å². The molecule has 1 amide bonds. The van der Waals surface area contributed by atoms with E-state index < -0.39 is 0 Å². The molecule has 0 saturated heterocycles. The molecule has 1 N–H and O–H groups in total. The Labute approximate surface area is 204 Å². The number of carbonyl (C=O) groups is 1. The number of aryl methyl sites for hydroxylation is 3. The van der Waals surface area contributed by atoms with E-state index in [0.717, 1.165) is 33.8 Å². The summed E-state index contributed by atoms with van der Waals surface area (Å²) in [6.07, 6.45) is 0. The third-order valence-corrected chi connectivity index (χ3v) is 6.50. The van der Waals surface area contributed by atoms with Gasteiger partial charge in [0.05, 0.1) is 5.25 Å². The summed E-state index contributed by atoms with van der Waals surface area (Å²) in [7, 11) is 0. The Morgan fingerprint density at radius 3 is 2.44 bits per heavy atom. The van der Waals surface area contributed by atoms with Crippen LogP contribution in [-0.4, -0.2) is 25.9 Å². The maximum absolute atomic E-state index is 12.9. The van der Waals surface area contributed by atoms with Gasteiger partial charge < -0.3 is 10.1 Å². The zero-order valence-electron chi connectivity index (χ0n) is 19.8. The summed E-state index contributed by atoms with van der Waals surface area (Å²) in [5.41, 5.74) is 4.99. The van der Waals surface area contributed by atoms with Gasteiger partial charge in [0, 0.05) is 11.4 Å². The second kappa shape index (κ2) is 10.6. The molecule has 4 aromatic rings. The Morgan fingerprint density at radius 2 is 1.71 bits per heavy atom. The molecule has 0 spiro atoms. The molecule has 34 heavy (non-hydrogen) atoms. The Hall–Kier alpha value is -3.58. The van der Waals surface area contributed by atoms with Crippen LogP contribution in [0.25, 0.3) is 5.69 Å². The van der Waals surface area contributed by atoms with Crippen LogP contribution in [0.4, 0.5) is 5.69 Å². The quantitative estimate of drug-likeness (QED) is 0.324. The summed E-state index contributed by atoms with van der Waals surface area (Å²) in [4.78, 5) is 12.9. The lowest BCUT2D eigenvalue weighted by molar-refractivity contribution is -0.115. The number of anilines is 1. The van der Waals surface area contributed by atoms with Crippen molar-refractivity contribution in [2.45, 2.75) is 44.7 Å². The number of benzene rings is 3. The number of rotatable bonds is 8. The number of nitrogens with zero attached hydrogens (tertiary/aromatic N) is 3. The van der Waals surface area contributed by atoms with Crippen LogP contribution < -0.4 is 10.1 Å². The lowest BCUT2D eigenvalue weighted by atomic mass is 10.1. The fourth-order valence-corrected chi connectivity index (χ4v) is 4.45. The smallest absolute Gasteiger partial charge is 0.237 e. The van der Waals surface area contributed by atoms with Gasteiger partial charge in [0.2, 0.25) is 5.91 Å². The number of hydrogen-bond donors (Lipinski definition) is 1. The minimum atomic E-state index is -0.377. The molecule has 1 atom stereocenters. The van der Waals surface area contributed by atoms with Gasteiger partial charge in [-0.2, -0.15) is 0 Å². The SMILES string of the molecule is Cc1ccc(NC(=O)C(C)Sc2nnc(COc3ccccc3C)n2-c2ccccc2)c(C)c1. The minimum absolute atomic E-state index is 0.0859. The number of carbonyl (C=O) groups excluding carboxylic acids is 1. The molecule has 1 unspecified atom stereocenters. The topological polar surface area (TPSA) is 69.0 Å². The number of nitrogens with one attached hydrogen (secondary N) is 1. The normalized spacial score (nSPS) is 11.8. The van der Waals surface area contributed by atoms with Crippen molar-refractivity contribution in [1.82, 2.24) is 14.8 Å². The maximum atomic E-state index is 12.9. The van der Waals surface area contributed by atoms with Crippen molar-refractivity contribution in [2.75, 3.05) is 5.32 Å². The Bertz CT molecular complexity index is 1290. The number of aromatic nitrogens is 3. The van der Waals surface area contributed by atoms with E-state index in [-0.39, 0.29) is 17.8 Å². The molecule has 0 saturated carbocycles. The molecule has 0 radical (unpaired) electrons.